The lowest BCUT2D eigenvalue weighted by Crippen LogP contribution is -2.29. The number of anilines is 1. The molecule has 0 aromatic heterocycles. The van der Waals surface area contributed by atoms with Crippen LogP contribution in [0.4, 0.5) is 5.69 Å². The Morgan fingerprint density at radius 3 is 2.17 bits per heavy atom. The molecule has 1 unspecified atom stereocenters. The van der Waals surface area contributed by atoms with Gasteiger partial charge in [0, 0.05) is 11.3 Å². The first-order valence-corrected chi connectivity index (χ1v) is 11.3. The van der Waals surface area contributed by atoms with Gasteiger partial charge in [0.2, 0.25) is 0 Å². The third-order valence-corrected chi connectivity index (χ3v) is 5.89. The fourth-order valence-corrected chi connectivity index (χ4v) is 4.13. The first-order chi connectivity index (χ1) is 17.3. The van der Waals surface area contributed by atoms with Gasteiger partial charge in [0.1, 0.15) is 17.3 Å². The molecule has 0 saturated carbocycles. The number of ketones is 1. The molecule has 1 saturated heterocycles. The number of hydrogen-bond donors (Lipinski definition) is 2. The fraction of sp³-hybridized carbons (Fsp3) is 0.179. The summed E-state index contributed by atoms with van der Waals surface area (Å²) in [6.45, 7) is 2.01. The molecule has 1 atom stereocenters. The van der Waals surface area contributed by atoms with Gasteiger partial charge in [-0.15, -0.1) is 0 Å². The summed E-state index contributed by atoms with van der Waals surface area (Å²) in [5, 5.41) is 20.9. The van der Waals surface area contributed by atoms with E-state index in [9.17, 15) is 24.6 Å². The zero-order valence-electron chi connectivity index (χ0n) is 19.8. The number of carbonyl (C=O) groups is 3. The quantitative estimate of drug-likeness (QED) is 0.223. The van der Waals surface area contributed by atoms with E-state index in [0.29, 0.717) is 28.1 Å². The van der Waals surface area contributed by atoms with Crippen molar-refractivity contribution >= 4 is 29.1 Å². The normalized spacial score (nSPS) is 16.7. The van der Waals surface area contributed by atoms with Gasteiger partial charge in [-0.1, -0.05) is 24.3 Å². The van der Waals surface area contributed by atoms with Crippen LogP contribution >= 0.6 is 0 Å². The summed E-state index contributed by atoms with van der Waals surface area (Å²) in [7, 11) is 1.52. The van der Waals surface area contributed by atoms with Crippen molar-refractivity contribution in [3.05, 3.63) is 95.1 Å². The van der Waals surface area contributed by atoms with Crippen LogP contribution in [0, 0.1) is 0 Å². The number of amides is 1. The number of ether oxygens (including phenoxy) is 2. The largest absolute Gasteiger partial charge is 0.508 e. The molecule has 0 aliphatic carbocycles. The third kappa shape index (κ3) is 4.79. The number of aromatic hydroxyl groups is 1. The third-order valence-electron chi connectivity index (χ3n) is 5.89. The monoisotopic (exact) mass is 487 g/mol. The number of phenolic OH excluding ortho intramolecular Hbond substituents is 1. The highest BCUT2D eigenvalue weighted by atomic mass is 16.5. The number of aliphatic hydroxyl groups is 1. The summed E-state index contributed by atoms with van der Waals surface area (Å²) in [5.74, 6) is -1.73. The van der Waals surface area contributed by atoms with Crippen molar-refractivity contribution in [2.24, 2.45) is 0 Å². The molecule has 1 aliphatic rings. The Morgan fingerprint density at radius 1 is 0.944 bits per heavy atom. The van der Waals surface area contributed by atoms with Crippen LogP contribution in [0.5, 0.6) is 11.5 Å². The topological polar surface area (TPSA) is 113 Å². The summed E-state index contributed by atoms with van der Waals surface area (Å²) in [6, 6.07) is 18.3. The lowest BCUT2D eigenvalue weighted by molar-refractivity contribution is -0.142. The highest BCUT2D eigenvalue weighted by Crippen LogP contribution is 2.42. The number of benzene rings is 3. The zero-order valence-corrected chi connectivity index (χ0v) is 19.8. The number of Topliss-reactive ketones (excluding diaryl/α,β-unsaturated/α-hetero) is 1. The molecule has 3 aromatic carbocycles. The lowest BCUT2D eigenvalue weighted by atomic mass is 9.95. The zero-order chi connectivity index (χ0) is 25.8. The number of aliphatic hydroxyl groups excluding tert-OH is 1. The Hall–Kier alpha value is -4.59. The van der Waals surface area contributed by atoms with Crippen molar-refractivity contribution in [1.29, 1.82) is 0 Å². The highest BCUT2D eigenvalue weighted by molar-refractivity contribution is 6.51. The van der Waals surface area contributed by atoms with Crippen molar-refractivity contribution in [2.75, 3.05) is 18.6 Å². The van der Waals surface area contributed by atoms with Crippen molar-refractivity contribution in [2.45, 2.75) is 19.4 Å². The maximum absolute atomic E-state index is 13.2. The maximum Gasteiger partial charge on any atom is 0.310 e. The minimum atomic E-state index is -0.941. The van der Waals surface area contributed by atoms with Gasteiger partial charge in [0.05, 0.1) is 31.8 Å². The second kappa shape index (κ2) is 10.4. The molecule has 2 N–H and O–H groups in total. The number of nitrogens with zero attached hydrogens (tertiary/aromatic N) is 1. The average Bonchev–Trinajstić information content (AvgIpc) is 3.15. The molecule has 1 fully saturated rings. The van der Waals surface area contributed by atoms with Crippen molar-refractivity contribution in [3.8, 4) is 11.5 Å². The van der Waals surface area contributed by atoms with Crippen molar-refractivity contribution in [1.82, 2.24) is 0 Å². The molecule has 0 spiro atoms. The van der Waals surface area contributed by atoms with Gasteiger partial charge in [0.25, 0.3) is 11.7 Å². The molecule has 1 aliphatic heterocycles. The van der Waals surface area contributed by atoms with E-state index >= 15 is 0 Å². The predicted octanol–water partition coefficient (Wildman–Crippen LogP) is 4.13. The molecule has 3 aromatic rings. The molecule has 4 rings (SSSR count). The second-order valence-electron chi connectivity index (χ2n) is 8.14. The average molecular weight is 488 g/mol. The van der Waals surface area contributed by atoms with E-state index in [1.807, 2.05) is 0 Å². The van der Waals surface area contributed by atoms with E-state index in [1.165, 1.54) is 24.1 Å². The molecule has 0 bridgehead atoms. The van der Waals surface area contributed by atoms with Gasteiger partial charge < -0.3 is 19.7 Å². The number of hydrogen-bond acceptors (Lipinski definition) is 7. The molecule has 1 heterocycles. The standard InChI is InChI=1S/C28H25NO7/c1-3-36-23(31)16-17-4-10-20(11-5-17)29-25(18-6-12-21(30)13-7-18)24(27(33)28(29)34)26(32)19-8-14-22(35-2)15-9-19/h4-15,25,30,32H,3,16H2,1-2H3/b26-24+. The molecule has 36 heavy (non-hydrogen) atoms. The fourth-order valence-electron chi connectivity index (χ4n) is 4.13. The van der Waals surface area contributed by atoms with Crippen LogP contribution in [0.15, 0.2) is 78.4 Å². The lowest BCUT2D eigenvalue weighted by Gasteiger charge is -2.25. The Labute approximate surface area is 208 Å². The summed E-state index contributed by atoms with van der Waals surface area (Å²) in [4.78, 5) is 39.6. The summed E-state index contributed by atoms with van der Waals surface area (Å²) in [5.41, 5.74) is 1.90. The second-order valence-corrected chi connectivity index (χ2v) is 8.14. The summed E-state index contributed by atoms with van der Waals surface area (Å²) in [6.07, 6.45) is 0.0752. The number of phenols is 1. The van der Waals surface area contributed by atoms with Crippen LogP contribution in [-0.4, -0.2) is 41.6 Å². The number of carbonyl (C=O) groups excluding carboxylic acids is 3. The minimum Gasteiger partial charge on any atom is -0.508 e. The SMILES string of the molecule is CCOC(=O)Cc1ccc(N2C(=O)C(=O)/C(=C(/O)c3ccc(OC)cc3)C2c2ccc(O)cc2)cc1. The van der Waals surface area contributed by atoms with E-state index in [-0.39, 0.29) is 36.1 Å². The van der Waals surface area contributed by atoms with Crippen LogP contribution in [0.2, 0.25) is 0 Å². The summed E-state index contributed by atoms with van der Waals surface area (Å²) < 4.78 is 10.1. The van der Waals surface area contributed by atoms with E-state index in [0.717, 1.165) is 0 Å². The Bertz CT molecular complexity index is 1310. The molecule has 184 valence electrons. The van der Waals surface area contributed by atoms with Gasteiger partial charge in [-0.3, -0.25) is 19.3 Å². The first-order valence-electron chi connectivity index (χ1n) is 11.3. The van der Waals surface area contributed by atoms with Crippen molar-refractivity contribution in [3.63, 3.8) is 0 Å². The summed E-state index contributed by atoms with van der Waals surface area (Å²) >= 11 is 0. The van der Waals surface area contributed by atoms with Gasteiger partial charge in [-0.2, -0.15) is 0 Å². The first kappa shape index (κ1) is 24.5. The number of methoxy groups -OCH3 is 1. The van der Waals surface area contributed by atoms with Crippen LogP contribution in [0.25, 0.3) is 5.76 Å². The highest BCUT2D eigenvalue weighted by Gasteiger charge is 2.47. The van der Waals surface area contributed by atoms with Gasteiger partial charge in [-0.05, 0) is 66.6 Å². The van der Waals surface area contributed by atoms with Crippen LogP contribution in [0.1, 0.15) is 29.7 Å². The van der Waals surface area contributed by atoms with Crippen LogP contribution < -0.4 is 9.64 Å². The van der Waals surface area contributed by atoms with Gasteiger partial charge >= 0.3 is 5.97 Å². The molecule has 8 nitrogen and oxygen atoms in total. The van der Waals surface area contributed by atoms with Gasteiger partial charge in [-0.25, -0.2) is 0 Å². The van der Waals surface area contributed by atoms with Gasteiger partial charge in [0.15, 0.2) is 0 Å². The number of esters is 1. The molecule has 8 heteroatoms. The predicted molar refractivity (Wildman–Crippen MR) is 133 cm³/mol. The smallest absolute Gasteiger partial charge is 0.310 e. The Morgan fingerprint density at radius 2 is 1.58 bits per heavy atom. The molecular formula is C28H25NO7. The maximum atomic E-state index is 13.2. The van der Waals surface area contributed by atoms with Crippen LogP contribution in [-0.2, 0) is 25.5 Å². The Balaban J connectivity index is 1.79. The van der Waals surface area contributed by atoms with Crippen molar-refractivity contribution < 1.29 is 34.1 Å². The molecular weight excluding hydrogens is 462 g/mol. The molecule has 1 amide bonds. The number of rotatable bonds is 7. The van der Waals surface area contributed by atoms with E-state index < -0.39 is 17.7 Å². The van der Waals surface area contributed by atoms with Crippen LogP contribution in [0.3, 0.4) is 0 Å². The minimum absolute atomic E-state index is 0.0224. The Kier molecular flexibility index (Phi) is 7.05. The van der Waals surface area contributed by atoms with E-state index in [1.54, 1.807) is 67.6 Å². The van der Waals surface area contributed by atoms with E-state index in [2.05, 4.69) is 0 Å². The molecule has 0 radical (unpaired) electrons. The van der Waals surface area contributed by atoms with E-state index in [4.69, 9.17) is 9.47 Å².